The maximum Gasteiger partial charge on any atom is 0.315 e. The molecule has 0 saturated heterocycles. The zero-order valence-corrected chi connectivity index (χ0v) is 12.4. The van der Waals surface area contributed by atoms with Gasteiger partial charge in [-0.2, -0.15) is 0 Å². The molecule has 0 radical (unpaired) electrons. The van der Waals surface area contributed by atoms with E-state index < -0.39 is 11.8 Å². The van der Waals surface area contributed by atoms with Crippen LogP contribution in [0.1, 0.15) is 10.6 Å². The minimum absolute atomic E-state index is 0.255. The average molecular weight is 306 g/mol. The molecular formula is C13H14N4O3S. The van der Waals surface area contributed by atoms with Crippen LogP contribution in [0.5, 0.6) is 5.75 Å². The van der Waals surface area contributed by atoms with Crippen molar-refractivity contribution in [2.75, 3.05) is 12.4 Å². The van der Waals surface area contributed by atoms with E-state index in [1.54, 1.807) is 26.2 Å². The number of rotatable bonds is 4. The zero-order valence-electron chi connectivity index (χ0n) is 11.5. The summed E-state index contributed by atoms with van der Waals surface area (Å²) in [4.78, 5) is 23.3. The fraction of sp³-hybridized carbons (Fsp3) is 0.231. The molecule has 7 nitrogen and oxygen atoms in total. The van der Waals surface area contributed by atoms with Crippen LogP contribution in [0.15, 0.2) is 24.3 Å². The molecule has 0 spiro atoms. The highest BCUT2D eigenvalue weighted by Gasteiger charge is 2.15. The second-order valence-electron chi connectivity index (χ2n) is 4.11. The Balaban J connectivity index is 1.84. The highest BCUT2D eigenvalue weighted by Crippen LogP contribution is 2.13. The third-order valence-corrected chi connectivity index (χ3v) is 3.32. The molecule has 21 heavy (non-hydrogen) atoms. The summed E-state index contributed by atoms with van der Waals surface area (Å²) in [6.45, 7) is 2.02. The third-order valence-electron chi connectivity index (χ3n) is 2.56. The van der Waals surface area contributed by atoms with Gasteiger partial charge in [-0.1, -0.05) is 23.5 Å². The van der Waals surface area contributed by atoms with Crippen LogP contribution in [-0.2, 0) is 16.1 Å². The molecule has 0 fully saturated rings. The maximum atomic E-state index is 11.7. The number of hydrogen-bond acceptors (Lipinski definition) is 6. The number of aromatic nitrogens is 2. The van der Waals surface area contributed by atoms with Gasteiger partial charge >= 0.3 is 11.8 Å². The largest absolute Gasteiger partial charge is 0.497 e. The van der Waals surface area contributed by atoms with Crippen LogP contribution in [0, 0.1) is 6.92 Å². The number of methoxy groups -OCH3 is 1. The Hall–Kier alpha value is -2.48. The van der Waals surface area contributed by atoms with Gasteiger partial charge in [0.05, 0.1) is 7.11 Å². The average Bonchev–Trinajstić information content (AvgIpc) is 2.90. The third kappa shape index (κ3) is 4.25. The second-order valence-corrected chi connectivity index (χ2v) is 5.29. The first-order chi connectivity index (χ1) is 10.1. The Morgan fingerprint density at radius 2 is 1.90 bits per heavy atom. The van der Waals surface area contributed by atoms with E-state index in [-0.39, 0.29) is 6.54 Å². The molecule has 1 aromatic heterocycles. The summed E-state index contributed by atoms with van der Waals surface area (Å²) in [6.07, 6.45) is 0. The molecule has 0 aliphatic carbocycles. The van der Waals surface area contributed by atoms with Gasteiger partial charge in [0.1, 0.15) is 10.8 Å². The van der Waals surface area contributed by atoms with E-state index in [9.17, 15) is 9.59 Å². The van der Waals surface area contributed by atoms with E-state index in [4.69, 9.17) is 4.74 Å². The lowest BCUT2D eigenvalue weighted by atomic mass is 10.2. The molecule has 8 heteroatoms. The molecule has 2 amide bonds. The molecule has 0 atom stereocenters. The normalized spacial score (nSPS) is 10.0. The van der Waals surface area contributed by atoms with Crippen molar-refractivity contribution in [2.24, 2.45) is 0 Å². The smallest absolute Gasteiger partial charge is 0.315 e. The van der Waals surface area contributed by atoms with Crippen molar-refractivity contribution in [3.63, 3.8) is 0 Å². The molecule has 0 aliphatic rings. The molecule has 2 N–H and O–H groups in total. The first kappa shape index (κ1) is 14.9. The number of aryl methyl sites for hydroxylation is 1. The summed E-state index contributed by atoms with van der Waals surface area (Å²) < 4.78 is 5.04. The Kier molecular flexibility index (Phi) is 4.83. The van der Waals surface area contributed by atoms with Crippen LogP contribution in [0.25, 0.3) is 0 Å². The molecule has 0 bridgehead atoms. The first-order valence-electron chi connectivity index (χ1n) is 6.10. The summed E-state index contributed by atoms with van der Waals surface area (Å²) in [6, 6.07) is 7.19. The number of nitrogens with zero attached hydrogens (tertiary/aromatic N) is 2. The van der Waals surface area contributed by atoms with E-state index in [0.29, 0.717) is 10.1 Å². The molecule has 110 valence electrons. The molecule has 0 aliphatic heterocycles. The van der Waals surface area contributed by atoms with E-state index in [2.05, 4.69) is 20.8 Å². The summed E-state index contributed by atoms with van der Waals surface area (Å²) in [7, 11) is 1.58. The Morgan fingerprint density at radius 3 is 2.48 bits per heavy atom. The van der Waals surface area contributed by atoms with Crippen LogP contribution >= 0.6 is 11.3 Å². The van der Waals surface area contributed by atoms with Crippen LogP contribution in [0.4, 0.5) is 5.13 Å². The quantitative estimate of drug-likeness (QED) is 0.825. The molecule has 1 heterocycles. The monoisotopic (exact) mass is 306 g/mol. The summed E-state index contributed by atoms with van der Waals surface area (Å²) in [5.74, 6) is -0.757. The minimum atomic E-state index is -0.764. The van der Waals surface area contributed by atoms with Gasteiger partial charge in [0.25, 0.3) is 0 Å². The number of ether oxygens (including phenoxy) is 1. The van der Waals surface area contributed by atoms with Crippen molar-refractivity contribution in [3.05, 3.63) is 34.8 Å². The van der Waals surface area contributed by atoms with Gasteiger partial charge in [-0.3, -0.25) is 14.9 Å². The van der Waals surface area contributed by atoms with E-state index in [1.807, 2.05) is 12.1 Å². The standard InChI is InChI=1S/C13H14N4O3S/c1-8-16-17-13(21-8)15-12(19)11(18)14-7-9-3-5-10(20-2)6-4-9/h3-6H,7H2,1-2H3,(H,14,18)(H,15,17,19). The van der Waals surface area contributed by atoms with Crippen molar-refractivity contribution in [1.29, 1.82) is 0 Å². The van der Waals surface area contributed by atoms with Crippen LogP contribution in [-0.4, -0.2) is 29.1 Å². The summed E-state index contributed by atoms with van der Waals surface area (Å²) in [5.41, 5.74) is 0.865. The Morgan fingerprint density at radius 1 is 1.19 bits per heavy atom. The van der Waals surface area contributed by atoms with Crippen LogP contribution < -0.4 is 15.4 Å². The van der Waals surface area contributed by atoms with Crippen LogP contribution in [0.2, 0.25) is 0 Å². The highest BCUT2D eigenvalue weighted by molar-refractivity contribution is 7.15. The first-order valence-corrected chi connectivity index (χ1v) is 6.92. The molecule has 0 unspecified atom stereocenters. The fourth-order valence-electron chi connectivity index (χ4n) is 1.51. The van der Waals surface area contributed by atoms with Gasteiger partial charge in [0.15, 0.2) is 0 Å². The number of hydrogen-bond donors (Lipinski definition) is 2. The maximum absolute atomic E-state index is 11.7. The van der Waals surface area contributed by atoms with E-state index in [0.717, 1.165) is 11.3 Å². The van der Waals surface area contributed by atoms with Crippen molar-refractivity contribution in [1.82, 2.24) is 15.5 Å². The summed E-state index contributed by atoms with van der Waals surface area (Å²) >= 11 is 1.20. The van der Waals surface area contributed by atoms with Gasteiger partial charge in [-0.15, -0.1) is 10.2 Å². The van der Waals surface area contributed by atoms with Crippen molar-refractivity contribution in [3.8, 4) is 5.75 Å². The molecule has 0 saturated carbocycles. The molecular weight excluding hydrogens is 292 g/mol. The van der Waals surface area contributed by atoms with Crippen molar-refractivity contribution < 1.29 is 14.3 Å². The highest BCUT2D eigenvalue weighted by atomic mass is 32.1. The van der Waals surface area contributed by atoms with Gasteiger partial charge < -0.3 is 10.1 Å². The van der Waals surface area contributed by atoms with Gasteiger partial charge in [0.2, 0.25) is 5.13 Å². The lowest BCUT2D eigenvalue weighted by Crippen LogP contribution is -2.34. The van der Waals surface area contributed by atoms with Gasteiger partial charge in [0, 0.05) is 6.54 Å². The molecule has 1 aromatic carbocycles. The van der Waals surface area contributed by atoms with E-state index in [1.165, 1.54) is 11.3 Å². The Labute approximate surface area is 125 Å². The molecule has 2 aromatic rings. The number of carbonyl (C=O) groups is 2. The van der Waals surface area contributed by atoms with Crippen LogP contribution in [0.3, 0.4) is 0 Å². The van der Waals surface area contributed by atoms with Gasteiger partial charge in [-0.25, -0.2) is 0 Å². The number of nitrogens with one attached hydrogen (secondary N) is 2. The molecule has 2 rings (SSSR count). The predicted molar refractivity (Wildman–Crippen MR) is 78.1 cm³/mol. The predicted octanol–water partition coefficient (Wildman–Crippen LogP) is 1.11. The number of amides is 2. The SMILES string of the molecule is COc1ccc(CNC(=O)C(=O)Nc2nnc(C)s2)cc1. The number of benzene rings is 1. The lowest BCUT2D eigenvalue weighted by molar-refractivity contribution is -0.136. The van der Waals surface area contributed by atoms with Crippen molar-refractivity contribution >= 4 is 28.3 Å². The minimum Gasteiger partial charge on any atom is -0.497 e. The van der Waals surface area contributed by atoms with Crippen molar-refractivity contribution in [2.45, 2.75) is 13.5 Å². The summed E-state index contributed by atoms with van der Waals surface area (Å²) in [5, 5.41) is 13.4. The topological polar surface area (TPSA) is 93.2 Å². The second kappa shape index (κ2) is 6.80. The Bertz CT molecular complexity index is 639. The number of carbonyl (C=O) groups excluding carboxylic acids is 2. The van der Waals surface area contributed by atoms with E-state index >= 15 is 0 Å². The lowest BCUT2D eigenvalue weighted by Gasteiger charge is -2.05. The zero-order chi connectivity index (χ0) is 15.2. The van der Waals surface area contributed by atoms with Gasteiger partial charge in [-0.05, 0) is 24.6 Å². The fourth-order valence-corrected chi connectivity index (χ4v) is 2.09. The number of anilines is 1.